The lowest BCUT2D eigenvalue weighted by Gasteiger charge is -2.07. The van der Waals surface area contributed by atoms with Gasteiger partial charge in [-0.1, -0.05) is 6.07 Å². The Morgan fingerprint density at radius 1 is 1.06 bits per heavy atom. The second-order valence-corrected chi connectivity index (χ2v) is 8.99. The second kappa shape index (κ2) is 9.11. The first kappa shape index (κ1) is 21.8. The minimum absolute atomic E-state index is 0.0159. The Morgan fingerprint density at radius 3 is 2.79 bits per heavy atom. The highest BCUT2D eigenvalue weighted by Crippen LogP contribution is 2.30. The molecule has 170 valence electrons. The number of rotatable bonds is 7. The molecule has 0 atom stereocenters. The summed E-state index contributed by atoms with van der Waals surface area (Å²) < 4.78 is 27.8. The third-order valence-electron chi connectivity index (χ3n) is 5.48. The largest absolute Gasteiger partial charge is 0.346 e. The number of H-pyrrole nitrogens is 1. The van der Waals surface area contributed by atoms with Gasteiger partial charge in [-0.3, -0.25) is 14.2 Å². The van der Waals surface area contributed by atoms with Crippen molar-refractivity contribution in [3.63, 3.8) is 0 Å². The van der Waals surface area contributed by atoms with Crippen LogP contribution >= 0.6 is 11.3 Å². The number of aromatic nitrogens is 4. The Kier molecular flexibility index (Phi) is 5.85. The van der Waals surface area contributed by atoms with Gasteiger partial charge in [0.2, 0.25) is 0 Å². The smallest absolute Gasteiger partial charge is 0.264 e. The van der Waals surface area contributed by atoms with Crippen LogP contribution in [0.4, 0.5) is 8.78 Å². The molecule has 0 fully saturated rings. The molecule has 0 amide bonds. The van der Waals surface area contributed by atoms with E-state index in [0.717, 1.165) is 38.5 Å². The van der Waals surface area contributed by atoms with Crippen LogP contribution in [0.15, 0.2) is 72.2 Å². The number of thiophene rings is 1. The molecular formula is C25H18F2N4O2S. The van der Waals surface area contributed by atoms with E-state index in [1.165, 1.54) is 23.2 Å². The van der Waals surface area contributed by atoms with Crippen LogP contribution < -0.4 is 5.56 Å². The fourth-order valence-electron chi connectivity index (χ4n) is 3.70. The van der Waals surface area contributed by atoms with Crippen molar-refractivity contribution in [3.05, 3.63) is 105 Å². The summed E-state index contributed by atoms with van der Waals surface area (Å²) >= 11 is 1.58. The third-order valence-corrected chi connectivity index (χ3v) is 6.68. The summed E-state index contributed by atoms with van der Waals surface area (Å²) in [6.45, 7) is -0.0159. The average Bonchev–Trinajstić information content (AvgIpc) is 3.50. The predicted molar refractivity (Wildman–Crippen MR) is 126 cm³/mol. The Bertz CT molecular complexity index is 1570. The van der Waals surface area contributed by atoms with Gasteiger partial charge in [-0.25, -0.2) is 18.7 Å². The SMILES string of the molecule is O=C(CCc1ccc(-c2cnc3[nH]ccc3c2)s1)c1cncn(Cc2ccc(F)c(F)c2)c1=O. The highest BCUT2D eigenvalue weighted by Gasteiger charge is 2.15. The first-order valence-corrected chi connectivity index (χ1v) is 11.3. The van der Waals surface area contributed by atoms with Gasteiger partial charge in [-0.2, -0.15) is 0 Å². The molecule has 0 spiro atoms. The van der Waals surface area contributed by atoms with Crippen LogP contribution in [0.3, 0.4) is 0 Å². The van der Waals surface area contributed by atoms with Gasteiger partial charge in [-0.15, -0.1) is 11.3 Å². The predicted octanol–water partition coefficient (Wildman–Crippen LogP) is 4.99. The molecule has 0 aliphatic heterocycles. The van der Waals surface area contributed by atoms with Crippen LogP contribution in [0.2, 0.25) is 0 Å². The van der Waals surface area contributed by atoms with E-state index in [2.05, 4.69) is 21.0 Å². The van der Waals surface area contributed by atoms with Gasteiger partial charge in [0.15, 0.2) is 17.4 Å². The van der Waals surface area contributed by atoms with Crippen LogP contribution in [-0.2, 0) is 13.0 Å². The van der Waals surface area contributed by atoms with Crippen LogP contribution in [0.5, 0.6) is 0 Å². The van der Waals surface area contributed by atoms with Crippen LogP contribution in [-0.4, -0.2) is 25.3 Å². The number of nitrogens with zero attached hydrogens (tertiary/aromatic N) is 3. The number of fused-ring (bicyclic) bond motifs is 1. The first-order chi connectivity index (χ1) is 16.5. The number of pyridine rings is 1. The second-order valence-electron chi connectivity index (χ2n) is 7.82. The Morgan fingerprint density at radius 2 is 1.94 bits per heavy atom. The molecule has 1 N–H and O–H groups in total. The van der Waals surface area contributed by atoms with Crippen molar-refractivity contribution in [1.82, 2.24) is 19.5 Å². The van der Waals surface area contributed by atoms with E-state index >= 15 is 0 Å². The fraction of sp³-hybridized carbons (Fsp3) is 0.120. The Balaban J connectivity index is 1.28. The number of ketones is 1. The molecule has 0 saturated heterocycles. The number of carbonyl (C=O) groups is 1. The maximum atomic E-state index is 13.5. The van der Waals surface area contributed by atoms with E-state index in [-0.39, 0.29) is 24.3 Å². The quantitative estimate of drug-likeness (QED) is 0.336. The topological polar surface area (TPSA) is 80.6 Å². The van der Waals surface area contributed by atoms with Gasteiger partial charge >= 0.3 is 0 Å². The van der Waals surface area contributed by atoms with Gasteiger partial charge in [0.1, 0.15) is 11.2 Å². The number of benzene rings is 1. The van der Waals surface area contributed by atoms with Gasteiger partial charge < -0.3 is 4.98 Å². The van der Waals surface area contributed by atoms with Crippen LogP contribution in [0.1, 0.15) is 27.2 Å². The van der Waals surface area contributed by atoms with Crippen molar-refractivity contribution < 1.29 is 13.6 Å². The molecule has 1 aromatic carbocycles. The summed E-state index contributed by atoms with van der Waals surface area (Å²) in [6.07, 6.45) is 6.83. The minimum atomic E-state index is -0.996. The van der Waals surface area contributed by atoms with Crippen molar-refractivity contribution in [2.75, 3.05) is 0 Å². The molecule has 5 rings (SSSR count). The average molecular weight is 477 g/mol. The normalized spacial score (nSPS) is 11.2. The highest BCUT2D eigenvalue weighted by molar-refractivity contribution is 7.15. The number of hydrogen-bond acceptors (Lipinski definition) is 5. The molecule has 6 nitrogen and oxygen atoms in total. The van der Waals surface area contributed by atoms with Crippen molar-refractivity contribution in [1.29, 1.82) is 0 Å². The molecular weight excluding hydrogens is 458 g/mol. The maximum absolute atomic E-state index is 13.5. The standard InChI is InChI=1S/C25H18F2N4O2S/c26-20-4-1-15(9-21(20)27)13-31-14-28-12-19(25(31)33)22(32)5-2-18-3-6-23(34-18)17-10-16-7-8-29-24(16)30-11-17/h1,3-4,6-12,14H,2,5,13H2,(H,29,30). The fourth-order valence-corrected chi connectivity index (χ4v) is 4.69. The monoisotopic (exact) mass is 476 g/mol. The van der Waals surface area contributed by atoms with Gasteiger partial charge in [-0.05, 0) is 48.4 Å². The zero-order valence-electron chi connectivity index (χ0n) is 17.8. The summed E-state index contributed by atoms with van der Waals surface area (Å²) in [6, 6.07) is 11.4. The molecule has 9 heteroatoms. The van der Waals surface area contributed by atoms with Crippen LogP contribution in [0.25, 0.3) is 21.5 Å². The number of hydrogen-bond donors (Lipinski definition) is 1. The van der Waals surface area contributed by atoms with Gasteiger partial charge in [0, 0.05) is 45.7 Å². The highest BCUT2D eigenvalue weighted by atomic mass is 32.1. The lowest BCUT2D eigenvalue weighted by atomic mass is 10.1. The van der Waals surface area contributed by atoms with E-state index in [9.17, 15) is 18.4 Å². The summed E-state index contributed by atoms with van der Waals surface area (Å²) in [4.78, 5) is 39.1. The van der Waals surface area contributed by atoms with E-state index in [0.29, 0.717) is 12.0 Å². The molecule has 0 aliphatic carbocycles. The van der Waals surface area contributed by atoms with E-state index in [4.69, 9.17) is 0 Å². The first-order valence-electron chi connectivity index (χ1n) is 10.5. The van der Waals surface area contributed by atoms with Gasteiger partial charge in [0.25, 0.3) is 5.56 Å². The number of Topliss-reactive ketones (excluding diaryl/α,β-unsaturated/α-hetero) is 1. The molecule has 0 saturated carbocycles. The van der Waals surface area contributed by atoms with Crippen LogP contribution in [0, 0.1) is 11.6 Å². The number of halogens is 2. The Labute approximate surface area is 196 Å². The van der Waals surface area contributed by atoms with E-state index in [1.807, 2.05) is 30.6 Å². The van der Waals surface area contributed by atoms with E-state index in [1.54, 1.807) is 11.3 Å². The minimum Gasteiger partial charge on any atom is -0.346 e. The lowest BCUT2D eigenvalue weighted by molar-refractivity contribution is 0.0980. The molecule has 0 unspecified atom stereocenters. The van der Waals surface area contributed by atoms with Crippen molar-refractivity contribution in [2.24, 2.45) is 0 Å². The summed E-state index contributed by atoms with van der Waals surface area (Å²) in [7, 11) is 0. The maximum Gasteiger partial charge on any atom is 0.264 e. The zero-order valence-corrected chi connectivity index (χ0v) is 18.6. The number of aryl methyl sites for hydroxylation is 1. The summed E-state index contributed by atoms with van der Waals surface area (Å²) in [5.41, 5.74) is 1.69. The molecule has 4 aromatic heterocycles. The van der Waals surface area contributed by atoms with E-state index < -0.39 is 17.2 Å². The Hall–Kier alpha value is -3.98. The zero-order chi connectivity index (χ0) is 23.7. The van der Waals surface area contributed by atoms with Crippen molar-refractivity contribution in [2.45, 2.75) is 19.4 Å². The van der Waals surface area contributed by atoms with Gasteiger partial charge in [0.05, 0.1) is 12.9 Å². The molecule has 4 heterocycles. The lowest BCUT2D eigenvalue weighted by Crippen LogP contribution is -2.27. The van der Waals surface area contributed by atoms with Crippen molar-refractivity contribution in [3.8, 4) is 10.4 Å². The van der Waals surface area contributed by atoms with Crippen molar-refractivity contribution >= 4 is 28.2 Å². The molecule has 34 heavy (non-hydrogen) atoms. The number of aromatic amines is 1. The third kappa shape index (κ3) is 4.42. The molecule has 0 aliphatic rings. The summed E-state index contributed by atoms with van der Waals surface area (Å²) in [5, 5.41) is 1.03. The molecule has 0 bridgehead atoms. The molecule has 0 radical (unpaired) electrons. The molecule has 5 aromatic rings. The summed E-state index contributed by atoms with van der Waals surface area (Å²) in [5.74, 6) is -2.27. The number of carbonyl (C=O) groups excluding carboxylic acids is 1. The number of nitrogens with one attached hydrogen (secondary N) is 1.